The zero-order valence-electron chi connectivity index (χ0n) is 12.1. The lowest BCUT2D eigenvalue weighted by Crippen LogP contribution is -2.29. The monoisotopic (exact) mass is 303 g/mol. The van der Waals surface area contributed by atoms with Gasteiger partial charge in [0, 0.05) is 18.9 Å². The predicted octanol–water partition coefficient (Wildman–Crippen LogP) is 3.08. The molecule has 0 aliphatic carbocycles. The Morgan fingerprint density at radius 2 is 2.14 bits per heavy atom. The Bertz CT molecular complexity index is 606. The van der Waals surface area contributed by atoms with Crippen LogP contribution in [0.3, 0.4) is 0 Å². The highest BCUT2D eigenvalue weighted by atomic mass is 35.5. The first-order chi connectivity index (χ1) is 10.1. The second-order valence-electron chi connectivity index (χ2n) is 4.93. The molecule has 0 aliphatic rings. The number of aryl methyl sites for hydroxylation is 2. The van der Waals surface area contributed by atoms with Gasteiger partial charge in [0.25, 0.3) is 0 Å². The number of aromatic nitrogens is 1. The molecule has 2 rings (SSSR count). The molecule has 2 aromatic rings. The van der Waals surface area contributed by atoms with Crippen molar-refractivity contribution in [2.24, 2.45) is 0 Å². The van der Waals surface area contributed by atoms with Gasteiger partial charge in [-0.3, -0.25) is 9.78 Å². The molecule has 0 radical (unpaired) electrons. The number of nitrogens with zero attached hydrogens (tertiary/aromatic N) is 1. The standard InChI is InChI=1S/C16H18ClN3O/c1-11-6-12(2)16(14(17)7-11)20-10-15(21)19-9-13-4-3-5-18-8-13/h3-8,20H,9-10H2,1-2H3,(H,19,21). The van der Waals surface area contributed by atoms with Crippen molar-refractivity contribution >= 4 is 23.2 Å². The van der Waals surface area contributed by atoms with Gasteiger partial charge in [0.2, 0.25) is 5.91 Å². The van der Waals surface area contributed by atoms with E-state index in [2.05, 4.69) is 15.6 Å². The van der Waals surface area contributed by atoms with E-state index in [0.29, 0.717) is 11.6 Å². The van der Waals surface area contributed by atoms with E-state index in [9.17, 15) is 4.79 Å². The van der Waals surface area contributed by atoms with Gasteiger partial charge in [0.15, 0.2) is 0 Å². The number of anilines is 1. The molecule has 0 aliphatic heterocycles. The van der Waals surface area contributed by atoms with E-state index in [1.165, 1.54) is 0 Å². The maximum absolute atomic E-state index is 11.8. The molecule has 0 unspecified atom stereocenters. The normalized spacial score (nSPS) is 10.2. The fourth-order valence-corrected chi connectivity index (χ4v) is 2.46. The summed E-state index contributed by atoms with van der Waals surface area (Å²) in [5.74, 6) is -0.0881. The minimum atomic E-state index is -0.0881. The minimum absolute atomic E-state index is 0.0881. The lowest BCUT2D eigenvalue weighted by molar-refractivity contribution is -0.119. The molecule has 1 amide bonds. The van der Waals surface area contributed by atoms with Crippen LogP contribution >= 0.6 is 11.6 Å². The summed E-state index contributed by atoms with van der Waals surface area (Å²) in [6.07, 6.45) is 3.43. The predicted molar refractivity (Wildman–Crippen MR) is 85.5 cm³/mol. The van der Waals surface area contributed by atoms with Crippen LogP contribution in [0.2, 0.25) is 5.02 Å². The third-order valence-corrected chi connectivity index (χ3v) is 3.37. The van der Waals surface area contributed by atoms with Gasteiger partial charge >= 0.3 is 0 Å². The maximum atomic E-state index is 11.8. The molecule has 110 valence electrons. The SMILES string of the molecule is Cc1cc(C)c(NCC(=O)NCc2cccnc2)c(Cl)c1. The summed E-state index contributed by atoms with van der Waals surface area (Å²) in [6, 6.07) is 7.67. The van der Waals surface area contributed by atoms with Crippen molar-refractivity contribution < 1.29 is 4.79 Å². The van der Waals surface area contributed by atoms with E-state index in [1.807, 2.05) is 38.1 Å². The number of carbonyl (C=O) groups is 1. The van der Waals surface area contributed by atoms with Crippen LogP contribution in [0.25, 0.3) is 0 Å². The number of hydrogen-bond donors (Lipinski definition) is 2. The smallest absolute Gasteiger partial charge is 0.239 e. The van der Waals surface area contributed by atoms with Gasteiger partial charge in [-0.05, 0) is 42.7 Å². The molecule has 0 fully saturated rings. The zero-order chi connectivity index (χ0) is 15.2. The summed E-state index contributed by atoms with van der Waals surface area (Å²) in [4.78, 5) is 15.8. The molecular formula is C16H18ClN3O. The lowest BCUT2D eigenvalue weighted by Gasteiger charge is -2.12. The lowest BCUT2D eigenvalue weighted by atomic mass is 10.1. The molecular weight excluding hydrogens is 286 g/mol. The van der Waals surface area contributed by atoms with Gasteiger partial charge in [-0.15, -0.1) is 0 Å². The molecule has 0 atom stereocenters. The largest absolute Gasteiger partial charge is 0.375 e. The molecule has 5 heteroatoms. The van der Waals surface area contributed by atoms with Gasteiger partial charge < -0.3 is 10.6 Å². The van der Waals surface area contributed by atoms with Crippen molar-refractivity contribution in [3.05, 3.63) is 58.4 Å². The van der Waals surface area contributed by atoms with Crippen molar-refractivity contribution in [3.8, 4) is 0 Å². The number of rotatable bonds is 5. The molecule has 0 bridgehead atoms. The Labute approximate surface area is 129 Å². The summed E-state index contributed by atoms with van der Waals surface area (Å²) >= 11 is 6.19. The van der Waals surface area contributed by atoms with Crippen molar-refractivity contribution in [2.45, 2.75) is 20.4 Å². The number of nitrogens with one attached hydrogen (secondary N) is 2. The molecule has 0 saturated heterocycles. The van der Waals surface area contributed by atoms with Crippen molar-refractivity contribution in [3.63, 3.8) is 0 Å². The van der Waals surface area contributed by atoms with Crippen LogP contribution in [0.5, 0.6) is 0 Å². The third-order valence-electron chi connectivity index (χ3n) is 3.07. The van der Waals surface area contributed by atoms with Crippen molar-refractivity contribution in [2.75, 3.05) is 11.9 Å². The minimum Gasteiger partial charge on any atom is -0.375 e. The van der Waals surface area contributed by atoms with Crippen LogP contribution in [0.1, 0.15) is 16.7 Å². The van der Waals surface area contributed by atoms with E-state index in [-0.39, 0.29) is 12.5 Å². The Balaban J connectivity index is 1.87. The van der Waals surface area contributed by atoms with Gasteiger partial charge in [-0.25, -0.2) is 0 Å². The third kappa shape index (κ3) is 4.46. The van der Waals surface area contributed by atoms with Crippen LogP contribution in [-0.4, -0.2) is 17.4 Å². The van der Waals surface area contributed by atoms with E-state index < -0.39 is 0 Å². The number of amides is 1. The molecule has 1 aromatic carbocycles. The number of halogens is 1. The average Bonchev–Trinajstić information content (AvgIpc) is 2.45. The first-order valence-corrected chi connectivity index (χ1v) is 7.10. The average molecular weight is 304 g/mol. The number of benzene rings is 1. The van der Waals surface area contributed by atoms with Crippen LogP contribution in [0.15, 0.2) is 36.7 Å². The molecule has 2 N–H and O–H groups in total. The summed E-state index contributed by atoms with van der Waals surface area (Å²) in [7, 11) is 0. The van der Waals surface area contributed by atoms with Crippen LogP contribution in [0.4, 0.5) is 5.69 Å². The second-order valence-corrected chi connectivity index (χ2v) is 5.34. The summed E-state index contributed by atoms with van der Waals surface area (Å²) in [6.45, 7) is 4.61. The van der Waals surface area contributed by atoms with Crippen LogP contribution in [-0.2, 0) is 11.3 Å². The summed E-state index contributed by atoms with van der Waals surface area (Å²) < 4.78 is 0. The van der Waals surface area contributed by atoms with Gasteiger partial charge in [0.1, 0.15) is 0 Å². The first-order valence-electron chi connectivity index (χ1n) is 6.72. The van der Waals surface area contributed by atoms with E-state index in [1.54, 1.807) is 12.4 Å². The number of pyridine rings is 1. The first kappa shape index (κ1) is 15.3. The fourth-order valence-electron chi connectivity index (χ4n) is 2.07. The highest BCUT2D eigenvalue weighted by molar-refractivity contribution is 6.33. The van der Waals surface area contributed by atoms with E-state index in [0.717, 1.165) is 22.4 Å². The van der Waals surface area contributed by atoms with Gasteiger partial charge in [-0.2, -0.15) is 0 Å². The topological polar surface area (TPSA) is 54.0 Å². The fraction of sp³-hybridized carbons (Fsp3) is 0.250. The van der Waals surface area contributed by atoms with Gasteiger partial charge in [0.05, 0.1) is 17.3 Å². The van der Waals surface area contributed by atoms with Crippen LogP contribution < -0.4 is 10.6 Å². The highest BCUT2D eigenvalue weighted by Crippen LogP contribution is 2.26. The molecule has 1 aromatic heterocycles. The Morgan fingerprint density at radius 3 is 2.81 bits per heavy atom. The van der Waals surface area contributed by atoms with Crippen LogP contribution in [0, 0.1) is 13.8 Å². The van der Waals surface area contributed by atoms with Gasteiger partial charge in [-0.1, -0.05) is 23.7 Å². The van der Waals surface area contributed by atoms with E-state index >= 15 is 0 Å². The molecule has 1 heterocycles. The van der Waals surface area contributed by atoms with Crippen molar-refractivity contribution in [1.82, 2.24) is 10.3 Å². The Hall–Kier alpha value is -2.07. The number of carbonyl (C=O) groups excluding carboxylic acids is 1. The van der Waals surface area contributed by atoms with Crippen molar-refractivity contribution in [1.29, 1.82) is 0 Å². The molecule has 21 heavy (non-hydrogen) atoms. The molecule has 4 nitrogen and oxygen atoms in total. The zero-order valence-corrected chi connectivity index (χ0v) is 12.9. The Morgan fingerprint density at radius 1 is 1.33 bits per heavy atom. The number of hydrogen-bond acceptors (Lipinski definition) is 3. The second kappa shape index (κ2) is 7.09. The molecule has 0 spiro atoms. The molecule has 0 saturated carbocycles. The maximum Gasteiger partial charge on any atom is 0.239 e. The van der Waals surface area contributed by atoms with E-state index in [4.69, 9.17) is 11.6 Å². The Kier molecular flexibility index (Phi) is 5.17. The highest BCUT2D eigenvalue weighted by Gasteiger charge is 2.07. The quantitative estimate of drug-likeness (QED) is 0.892. The summed E-state index contributed by atoms with van der Waals surface area (Å²) in [5.41, 5.74) is 3.90. The summed E-state index contributed by atoms with van der Waals surface area (Å²) in [5, 5.41) is 6.55.